The maximum absolute atomic E-state index is 10.0. The third-order valence-corrected chi connectivity index (χ3v) is 0.571. The van der Waals surface area contributed by atoms with Crippen molar-refractivity contribution >= 4 is 11.8 Å². The number of nitrogens with zero attached hydrogens (tertiary/aromatic N) is 2. The molecule has 6 nitrogen and oxygen atoms in total. The highest BCUT2D eigenvalue weighted by Crippen LogP contribution is 1.82. The first-order valence-corrected chi connectivity index (χ1v) is 2.40. The predicted octanol–water partition coefficient (Wildman–Crippen LogP) is 0.160. The van der Waals surface area contributed by atoms with Gasteiger partial charge in [-0.15, -0.1) is 0 Å². The third kappa shape index (κ3) is 3.53. The topological polar surface area (TPSA) is 81.8 Å². The van der Waals surface area contributed by atoms with Gasteiger partial charge in [-0.1, -0.05) is 0 Å². The monoisotopic (exact) mass is 146 g/mol. The van der Waals surface area contributed by atoms with Crippen LogP contribution in [-0.4, -0.2) is 16.7 Å². The Morgan fingerprint density at radius 2 is 2.10 bits per heavy atom. The van der Waals surface area contributed by atoms with Crippen molar-refractivity contribution in [1.29, 1.82) is 0 Å². The van der Waals surface area contributed by atoms with E-state index in [-0.39, 0.29) is 0 Å². The lowest BCUT2D eigenvalue weighted by atomic mass is 10.7. The van der Waals surface area contributed by atoms with Crippen LogP contribution >= 0.6 is 0 Å². The molecule has 0 aliphatic heterocycles. The second kappa shape index (κ2) is 3.54. The van der Waals surface area contributed by atoms with E-state index in [9.17, 15) is 14.9 Å². The summed E-state index contributed by atoms with van der Waals surface area (Å²) in [6.07, 6.45) is 0. The third-order valence-electron chi connectivity index (χ3n) is 0.571. The Hall–Kier alpha value is -1.46. The Bertz CT molecular complexity index is 186. The number of nitro groups is 1. The molecule has 0 atom stereocenters. The first-order valence-electron chi connectivity index (χ1n) is 2.40. The molecule has 0 rings (SSSR count). The summed E-state index contributed by atoms with van der Waals surface area (Å²) in [7, 11) is 0. The number of oxime groups is 1. The van der Waals surface area contributed by atoms with Gasteiger partial charge in [-0.25, -0.2) is 9.63 Å². The Kier molecular flexibility index (Phi) is 3.03. The van der Waals surface area contributed by atoms with Crippen LogP contribution in [0.2, 0.25) is 0 Å². The maximum atomic E-state index is 10.0. The van der Waals surface area contributed by atoms with Gasteiger partial charge in [0.25, 0.3) is 0 Å². The second-order valence-electron chi connectivity index (χ2n) is 1.48. The second-order valence-corrected chi connectivity index (χ2v) is 1.48. The van der Waals surface area contributed by atoms with Crippen molar-refractivity contribution in [3.05, 3.63) is 10.1 Å². The van der Waals surface area contributed by atoms with Crippen LogP contribution in [0.4, 0.5) is 0 Å². The van der Waals surface area contributed by atoms with E-state index in [0.29, 0.717) is 0 Å². The molecule has 0 fully saturated rings. The fourth-order valence-corrected chi connectivity index (χ4v) is 0.164. The number of carbonyl (C=O) groups is 1. The molecule has 0 bridgehead atoms. The molecule has 0 heterocycles. The van der Waals surface area contributed by atoms with E-state index < -0.39 is 16.7 Å². The highest BCUT2D eigenvalue weighted by Gasteiger charge is 2.05. The molecule has 0 aliphatic carbocycles. The highest BCUT2D eigenvalue weighted by atomic mass is 16.7. The standard InChI is InChI=1S/C4H6N2O4/c1-3(6(8)9)5-10-4(2)7/h1-2H3/b5-3+. The summed E-state index contributed by atoms with van der Waals surface area (Å²) in [5, 5.41) is 12.7. The minimum atomic E-state index is -0.747. The summed E-state index contributed by atoms with van der Waals surface area (Å²) in [6.45, 7) is 2.24. The van der Waals surface area contributed by atoms with Crippen molar-refractivity contribution < 1.29 is 14.6 Å². The van der Waals surface area contributed by atoms with E-state index in [1.807, 2.05) is 0 Å². The fraction of sp³-hybridized carbons (Fsp3) is 0.500. The van der Waals surface area contributed by atoms with Crippen molar-refractivity contribution in [2.24, 2.45) is 5.16 Å². The number of rotatable bonds is 1. The minimum absolute atomic E-state index is 0.449. The first-order chi connectivity index (χ1) is 4.54. The Labute approximate surface area is 56.6 Å². The zero-order valence-electron chi connectivity index (χ0n) is 5.53. The van der Waals surface area contributed by atoms with E-state index in [0.717, 1.165) is 13.8 Å². The molecular weight excluding hydrogens is 140 g/mol. The van der Waals surface area contributed by atoms with Crippen molar-refractivity contribution in [2.75, 3.05) is 0 Å². The number of hydrogen-bond acceptors (Lipinski definition) is 5. The van der Waals surface area contributed by atoms with E-state index >= 15 is 0 Å². The minimum Gasteiger partial charge on any atom is -0.358 e. The highest BCUT2D eigenvalue weighted by molar-refractivity contribution is 5.72. The molecule has 0 amide bonds. The van der Waals surface area contributed by atoms with Crippen LogP contribution < -0.4 is 0 Å². The average molecular weight is 146 g/mol. The smallest absolute Gasteiger partial charge is 0.358 e. The Morgan fingerprint density at radius 1 is 1.60 bits per heavy atom. The van der Waals surface area contributed by atoms with Gasteiger partial charge in [0.15, 0.2) is 5.16 Å². The molecule has 56 valence electrons. The zero-order valence-corrected chi connectivity index (χ0v) is 5.53. The van der Waals surface area contributed by atoms with Crippen LogP contribution in [0.3, 0.4) is 0 Å². The van der Waals surface area contributed by atoms with Gasteiger partial charge >= 0.3 is 11.8 Å². The van der Waals surface area contributed by atoms with Crippen molar-refractivity contribution in [1.82, 2.24) is 0 Å². The van der Waals surface area contributed by atoms with Crippen LogP contribution in [0.5, 0.6) is 0 Å². The molecule has 0 saturated carbocycles. The predicted molar refractivity (Wildman–Crippen MR) is 31.9 cm³/mol. The normalized spacial score (nSPS) is 10.8. The van der Waals surface area contributed by atoms with E-state index in [4.69, 9.17) is 0 Å². The SMILES string of the molecule is CC(=O)O/N=C(\C)[N+](=O)[O-]. The van der Waals surface area contributed by atoms with Crippen molar-refractivity contribution in [3.8, 4) is 0 Å². The van der Waals surface area contributed by atoms with Gasteiger partial charge in [-0.2, -0.15) is 0 Å². The lowest BCUT2D eigenvalue weighted by Gasteiger charge is -1.86. The molecule has 6 heteroatoms. The first kappa shape index (κ1) is 8.54. The maximum Gasteiger partial charge on any atom is 0.382 e. The van der Waals surface area contributed by atoms with Gasteiger partial charge in [0.1, 0.15) is 0 Å². The van der Waals surface area contributed by atoms with Gasteiger partial charge in [0.05, 0.1) is 6.92 Å². The van der Waals surface area contributed by atoms with Gasteiger partial charge in [-0.3, -0.25) is 0 Å². The summed E-state index contributed by atoms with van der Waals surface area (Å²) in [4.78, 5) is 23.0. The molecule has 0 aromatic carbocycles. The van der Waals surface area contributed by atoms with Gasteiger partial charge in [0, 0.05) is 6.92 Å². The molecule has 0 spiro atoms. The molecule has 0 N–H and O–H groups in total. The van der Waals surface area contributed by atoms with E-state index in [1.54, 1.807) is 0 Å². The molecule has 10 heavy (non-hydrogen) atoms. The summed E-state index contributed by atoms with van der Waals surface area (Å²) in [5.74, 6) is -1.13. The fourth-order valence-electron chi connectivity index (χ4n) is 0.164. The molecule has 0 aliphatic rings. The lowest BCUT2D eigenvalue weighted by Crippen LogP contribution is -2.08. The van der Waals surface area contributed by atoms with Crippen molar-refractivity contribution in [3.63, 3.8) is 0 Å². The van der Waals surface area contributed by atoms with Gasteiger partial charge in [0.2, 0.25) is 0 Å². The molecule has 0 aromatic rings. The molecule has 0 unspecified atom stereocenters. The van der Waals surface area contributed by atoms with Gasteiger partial charge < -0.3 is 10.1 Å². The van der Waals surface area contributed by atoms with Crippen LogP contribution in [-0.2, 0) is 9.63 Å². The van der Waals surface area contributed by atoms with Crippen LogP contribution in [0.25, 0.3) is 0 Å². The summed E-state index contributed by atoms with van der Waals surface area (Å²) in [6, 6.07) is 0. The molecular formula is C4H6N2O4. The van der Waals surface area contributed by atoms with Gasteiger partial charge in [-0.05, 0) is 4.92 Å². The van der Waals surface area contributed by atoms with Crippen LogP contribution in [0.1, 0.15) is 13.8 Å². The largest absolute Gasteiger partial charge is 0.382 e. The number of hydrogen-bond donors (Lipinski definition) is 0. The van der Waals surface area contributed by atoms with E-state index in [1.165, 1.54) is 0 Å². The average Bonchev–Trinajstić information content (AvgIpc) is 1.82. The Balaban J connectivity index is 3.92. The quantitative estimate of drug-likeness (QED) is 0.173. The van der Waals surface area contributed by atoms with Crippen molar-refractivity contribution in [2.45, 2.75) is 13.8 Å². The number of carbonyl (C=O) groups excluding carboxylic acids is 1. The van der Waals surface area contributed by atoms with Crippen LogP contribution in [0, 0.1) is 10.1 Å². The lowest BCUT2D eigenvalue weighted by molar-refractivity contribution is -0.353. The molecule has 0 saturated heterocycles. The molecule has 0 aromatic heterocycles. The van der Waals surface area contributed by atoms with Crippen LogP contribution in [0.15, 0.2) is 5.16 Å². The van der Waals surface area contributed by atoms with E-state index in [2.05, 4.69) is 9.99 Å². The summed E-state index contributed by atoms with van der Waals surface area (Å²) >= 11 is 0. The summed E-state index contributed by atoms with van der Waals surface area (Å²) in [5.41, 5.74) is 0. The molecule has 0 radical (unpaired) electrons. The zero-order chi connectivity index (χ0) is 8.15. The number of amidine groups is 1. The Morgan fingerprint density at radius 3 is 2.40 bits per heavy atom. The summed E-state index contributed by atoms with van der Waals surface area (Å²) < 4.78 is 0.